The third-order valence-electron chi connectivity index (χ3n) is 12.6. The molecule has 2 heteroatoms. The summed E-state index contributed by atoms with van der Waals surface area (Å²) in [6.45, 7) is 9.50. The average molecular weight is 743 g/mol. The monoisotopic (exact) mass is 743 g/mol. The second kappa shape index (κ2) is 42.5. The molecule has 316 valence electrons. The lowest BCUT2D eigenvalue weighted by Crippen LogP contribution is -2.39. The maximum absolute atomic E-state index is 2.74. The highest BCUT2D eigenvalue weighted by molar-refractivity contribution is 4.97. The fraction of sp³-hybridized carbons (Fsp3) is 0.961. The fourth-order valence-electron chi connectivity index (χ4n) is 8.84. The lowest BCUT2D eigenvalue weighted by Gasteiger charge is -2.33. The van der Waals surface area contributed by atoms with E-state index >= 15 is 0 Å². The topological polar surface area (TPSA) is 6.48 Å². The molecular formula is C51H102N2. The minimum absolute atomic E-state index is 0.635. The van der Waals surface area contributed by atoms with Crippen LogP contribution in [0.15, 0.2) is 12.4 Å². The van der Waals surface area contributed by atoms with Crippen LogP contribution in [0.4, 0.5) is 0 Å². The number of hydrogen-bond donors (Lipinski definition) is 0. The molecule has 2 nitrogen and oxygen atoms in total. The molecule has 1 atom stereocenters. The van der Waals surface area contributed by atoms with Gasteiger partial charge >= 0.3 is 0 Å². The van der Waals surface area contributed by atoms with Crippen molar-refractivity contribution in [1.82, 2.24) is 9.80 Å². The van der Waals surface area contributed by atoms with Crippen molar-refractivity contribution in [3.8, 4) is 0 Å². The summed E-state index contributed by atoms with van der Waals surface area (Å²) in [6.07, 6.45) is 67.9. The van der Waals surface area contributed by atoms with Gasteiger partial charge in [0, 0.05) is 25.5 Å². The molecule has 0 aromatic heterocycles. The lowest BCUT2D eigenvalue weighted by molar-refractivity contribution is 0.135. The zero-order chi connectivity index (χ0) is 38.0. The van der Waals surface area contributed by atoms with E-state index in [9.17, 15) is 0 Å². The highest BCUT2D eigenvalue weighted by Crippen LogP contribution is 2.24. The van der Waals surface area contributed by atoms with Crippen molar-refractivity contribution < 1.29 is 0 Å². The first-order valence-corrected chi connectivity index (χ1v) is 25.5. The van der Waals surface area contributed by atoms with Crippen LogP contribution >= 0.6 is 0 Å². The van der Waals surface area contributed by atoms with Crippen LogP contribution in [-0.2, 0) is 0 Å². The highest BCUT2D eigenvalue weighted by Gasteiger charge is 2.25. The number of rotatable bonds is 45. The zero-order valence-corrected chi connectivity index (χ0v) is 37.4. The Kier molecular flexibility index (Phi) is 40.4. The van der Waals surface area contributed by atoms with Crippen molar-refractivity contribution in [2.45, 2.75) is 303 Å². The van der Waals surface area contributed by atoms with Gasteiger partial charge in [0.2, 0.25) is 0 Å². The molecule has 0 aromatic carbocycles. The second-order valence-electron chi connectivity index (χ2n) is 17.8. The molecular weight excluding hydrogens is 641 g/mol. The van der Waals surface area contributed by atoms with E-state index in [1.54, 1.807) is 0 Å². The zero-order valence-electron chi connectivity index (χ0n) is 37.4. The summed E-state index contributed by atoms with van der Waals surface area (Å²) in [5, 5.41) is 0. The minimum atomic E-state index is 0.635. The molecule has 1 heterocycles. The van der Waals surface area contributed by atoms with Gasteiger partial charge in [-0.15, -0.1) is 0 Å². The van der Waals surface area contributed by atoms with Crippen molar-refractivity contribution in [2.24, 2.45) is 0 Å². The SMILES string of the molecule is CCCCCCCCCCCCCCCCCC1N(CCCCCCCCCCCCCC)C=CN1CCCCCCCCCCCCCCCCC. The summed E-state index contributed by atoms with van der Waals surface area (Å²) in [5.41, 5.74) is 0. The summed E-state index contributed by atoms with van der Waals surface area (Å²) in [4.78, 5) is 5.48. The Morgan fingerprint density at radius 3 is 0.660 bits per heavy atom. The molecule has 0 N–H and O–H groups in total. The Morgan fingerprint density at radius 1 is 0.245 bits per heavy atom. The molecule has 1 unspecified atom stereocenters. The summed E-state index contributed by atoms with van der Waals surface area (Å²) < 4.78 is 0. The summed E-state index contributed by atoms with van der Waals surface area (Å²) in [6, 6.07) is 0. The first-order chi connectivity index (χ1) is 26.3. The summed E-state index contributed by atoms with van der Waals surface area (Å²) in [7, 11) is 0. The third kappa shape index (κ3) is 34.3. The van der Waals surface area contributed by atoms with E-state index in [4.69, 9.17) is 0 Å². The first kappa shape index (κ1) is 50.4. The van der Waals surface area contributed by atoms with Gasteiger partial charge in [0.15, 0.2) is 0 Å². The maximum atomic E-state index is 2.74. The molecule has 1 aliphatic rings. The molecule has 1 rings (SSSR count). The molecule has 53 heavy (non-hydrogen) atoms. The Bertz CT molecular complexity index is 702. The van der Waals surface area contributed by atoms with Crippen LogP contribution in [-0.4, -0.2) is 29.1 Å². The predicted molar refractivity (Wildman–Crippen MR) is 242 cm³/mol. The molecule has 0 spiro atoms. The van der Waals surface area contributed by atoms with Crippen LogP contribution in [0.25, 0.3) is 0 Å². The van der Waals surface area contributed by atoms with E-state index in [0.29, 0.717) is 6.17 Å². The molecule has 0 saturated heterocycles. The Balaban J connectivity index is 2.20. The Hall–Kier alpha value is -0.660. The lowest BCUT2D eigenvalue weighted by atomic mass is 10.0. The van der Waals surface area contributed by atoms with Crippen LogP contribution in [0.2, 0.25) is 0 Å². The molecule has 0 aromatic rings. The molecule has 0 amide bonds. The van der Waals surface area contributed by atoms with Crippen LogP contribution in [0.1, 0.15) is 297 Å². The van der Waals surface area contributed by atoms with E-state index in [0.717, 1.165) is 0 Å². The van der Waals surface area contributed by atoms with Gasteiger partial charge in [-0.05, 0) is 25.7 Å². The van der Waals surface area contributed by atoms with Crippen molar-refractivity contribution in [3.63, 3.8) is 0 Å². The van der Waals surface area contributed by atoms with E-state index < -0.39 is 0 Å². The van der Waals surface area contributed by atoms with Crippen molar-refractivity contribution in [1.29, 1.82) is 0 Å². The maximum Gasteiger partial charge on any atom is 0.101 e. The molecule has 0 fully saturated rings. The average Bonchev–Trinajstić information content (AvgIpc) is 3.55. The Labute approximate surface area is 337 Å². The molecule has 0 saturated carbocycles. The van der Waals surface area contributed by atoms with E-state index in [-0.39, 0.29) is 0 Å². The quantitative estimate of drug-likeness (QED) is 0.0573. The van der Waals surface area contributed by atoms with Crippen molar-refractivity contribution >= 4 is 0 Å². The van der Waals surface area contributed by atoms with Crippen LogP contribution in [0.3, 0.4) is 0 Å². The Morgan fingerprint density at radius 2 is 0.434 bits per heavy atom. The van der Waals surface area contributed by atoms with Gasteiger partial charge in [0.1, 0.15) is 6.17 Å². The second-order valence-corrected chi connectivity index (χ2v) is 17.8. The highest BCUT2D eigenvalue weighted by atomic mass is 15.4. The smallest absolute Gasteiger partial charge is 0.101 e. The number of nitrogens with zero attached hydrogens (tertiary/aromatic N) is 2. The van der Waals surface area contributed by atoms with Gasteiger partial charge in [0.05, 0.1) is 0 Å². The van der Waals surface area contributed by atoms with Crippen molar-refractivity contribution in [2.75, 3.05) is 13.1 Å². The predicted octanol–water partition coefficient (Wildman–Crippen LogP) is 18.2. The van der Waals surface area contributed by atoms with E-state index in [1.807, 2.05) is 0 Å². The van der Waals surface area contributed by atoms with Gasteiger partial charge < -0.3 is 9.80 Å². The largest absolute Gasteiger partial charge is 0.356 e. The third-order valence-corrected chi connectivity index (χ3v) is 12.6. The standard InChI is InChI=1S/C51H102N2/c1-4-7-10-13-16-19-22-25-27-29-31-34-37-40-43-46-51-52(47-44-41-38-35-32-24-21-18-15-12-9-6-3)49-50-53(51)48-45-42-39-36-33-30-28-26-23-20-17-14-11-8-5-2/h49-51H,4-48H2,1-3H3. The number of hydrogen-bond acceptors (Lipinski definition) is 2. The van der Waals surface area contributed by atoms with Crippen LogP contribution in [0, 0.1) is 0 Å². The van der Waals surface area contributed by atoms with Crippen molar-refractivity contribution in [3.05, 3.63) is 12.4 Å². The normalized spacial score (nSPS) is 14.4. The summed E-state index contributed by atoms with van der Waals surface area (Å²) in [5.74, 6) is 0. The first-order valence-electron chi connectivity index (χ1n) is 25.5. The van der Waals surface area contributed by atoms with Crippen LogP contribution in [0.5, 0.6) is 0 Å². The molecule has 1 aliphatic heterocycles. The minimum Gasteiger partial charge on any atom is -0.356 e. The summed E-state index contributed by atoms with van der Waals surface area (Å²) >= 11 is 0. The van der Waals surface area contributed by atoms with Gasteiger partial charge in [-0.2, -0.15) is 0 Å². The van der Waals surface area contributed by atoms with Gasteiger partial charge in [-0.25, -0.2) is 0 Å². The molecule has 0 aliphatic carbocycles. The number of unbranched alkanes of at least 4 members (excludes halogenated alkanes) is 39. The van der Waals surface area contributed by atoms with Gasteiger partial charge in [-0.3, -0.25) is 0 Å². The van der Waals surface area contributed by atoms with Crippen LogP contribution < -0.4 is 0 Å². The molecule has 0 radical (unpaired) electrons. The molecule has 0 bridgehead atoms. The van der Waals surface area contributed by atoms with Gasteiger partial charge in [-0.1, -0.05) is 271 Å². The van der Waals surface area contributed by atoms with Gasteiger partial charge in [0.25, 0.3) is 0 Å². The fourth-order valence-corrected chi connectivity index (χ4v) is 8.84. The van der Waals surface area contributed by atoms with E-state index in [2.05, 4.69) is 43.0 Å². The van der Waals surface area contributed by atoms with E-state index in [1.165, 1.54) is 289 Å².